The third-order valence-electron chi connectivity index (χ3n) is 7.60. The Labute approximate surface area is 265 Å². The van der Waals surface area contributed by atoms with Gasteiger partial charge in [0.05, 0.1) is 22.8 Å². The number of hydrogen-bond acceptors (Lipinski definition) is 5. The number of amides is 1. The SMILES string of the molecule is Cc1c(NC(=O)C(C#N)=Cc2cn(-c3ccccc3)nc2-c2ccc(OCc3ccccc3)cc2)c(=O)n(-c2ccccc2)n1C. The van der Waals surface area contributed by atoms with Gasteiger partial charge in [0.1, 0.15) is 29.7 Å². The van der Waals surface area contributed by atoms with E-state index in [2.05, 4.69) is 5.32 Å². The summed E-state index contributed by atoms with van der Waals surface area (Å²) in [5, 5.41) is 17.6. The van der Waals surface area contributed by atoms with Gasteiger partial charge in [0.15, 0.2) is 0 Å². The monoisotopic (exact) mass is 606 g/mol. The smallest absolute Gasteiger partial charge is 0.295 e. The number of benzene rings is 4. The first-order valence-electron chi connectivity index (χ1n) is 14.6. The van der Waals surface area contributed by atoms with Crippen LogP contribution in [0.5, 0.6) is 5.75 Å². The van der Waals surface area contributed by atoms with Crippen LogP contribution in [0.25, 0.3) is 28.7 Å². The van der Waals surface area contributed by atoms with E-state index < -0.39 is 11.5 Å². The number of ether oxygens (including phenoxy) is 1. The van der Waals surface area contributed by atoms with E-state index in [0.717, 1.165) is 16.8 Å². The second-order valence-corrected chi connectivity index (χ2v) is 10.6. The molecule has 2 heterocycles. The molecule has 0 unspecified atom stereocenters. The molecule has 6 rings (SSSR count). The van der Waals surface area contributed by atoms with Crippen LogP contribution in [-0.2, 0) is 18.4 Å². The normalized spacial score (nSPS) is 11.2. The highest BCUT2D eigenvalue weighted by Crippen LogP contribution is 2.28. The third kappa shape index (κ3) is 6.14. The Bertz CT molecular complexity index is 2120. The molecule has 0 radical (unpaired) electrons. The van der Waals surface area contributed by atoms with Gasteiger partial charge in [0.2, 0.25) is 0 Å². The first-order valence-corrected chi connectivity index (χ1v) is 14.6. The molecule has 0 spiro atoms. The van der Waals surface area contributed by atoms with E-state index in [1.165, 1.54) is 10.8 Å². The van der Waals surface area contributed by atoms with Crippen LogP contribution in [0.2, 0.25) is 0 Å². The molecular formula is C37H30N6O3. The van der Waals surface area contributed by atoms with Gasteiger partial charge in [0.25, 0.3) is 11.5 Å². The minimum atomic E-state index is -0.698. The van der Waals surface area contributed by atoms with E-state index >= 15 is 0 Å². The molecule has 0 saturated carbocycles. The maximum atomic E-state index is 13.5. The maximum absolute atomic E-state index is 13.5. The molecule has 0 bridgehead atoms. The summed E-state index contributed by atoms with van der Waals surface area (Å²) in [6.45, 7) is 2.18. The van der Waals surface area contributed by atoms with E-state index in [0.29, 0.717) is 35.0 Å². The van der Waals surface area contributed by atoms with Gasteiger partial charge < -0.3 is 10.1 Å². The minimum absolute atomic E-state index is 0.101. The zero-order valence-electron chi connectivity index (χ0n) is 25.3. The van der Waals surface area contributed by atoms with Gasteiger partial charge in [-0.2, -0.15) is 10.4 Å². The predicted octanol–water partition coefficient (Wildman–Crippen LogP) is 6.46. The molecule has 46 heavy (non-hydrogen) atoms. The Morgan fingerprint density at radius 1 is 0.891 bits per heavy atom. The first kappa shape index (κ1) is 29.7. The second kappa shape index (κ2) is 13.1. The van der Waals surface area contributed by atoms with Crippen molar-refractivity contribution < 1.29 is 9.53 Å². The lowest BCUT2D eigenvalue weighted by Gasteiger charge is -2.07. The number of aromatic nitrogens is 4. The summed E-state index contributed by atoms with van der Waals surface area (Å²) in [5.74, 6) is 0.000233. The molecule has 2 aromatic heterocycles. The van der Waals surface area contributed by atoms with Gasteiger partial charge in [-0.3, -0.25) is 14.3 Å². The van der Waals surface area contributed by atoms with Crippen LogP contribution in [0.3, 0.4) is 0 Å². The van der Waals surface area contributed by atoms with Crippen molar-refractivity contribution in [2.75, 3.05) is 5.32 Å². The number of anilines is 1. The Balaban J connectivity index is 1.32. The fourth-order valence-corrected chi connectivity index (χ4v) is 5.08. The lowest BCUT2D eigenvalue weighted by atomic mass is 10.1. The Hall–Kier alpha value is -6.40. The summed E-state index contributed by atoms with van der Waals surface area (Å²) in [6, 6.07) is 38.1. The highest BCUT2D eigenvalue weighted by atomic mass is 16.5. The number of carbonyl (C=O) groups excluding carboxylic acids is 1. The van der Waals surface area contributed by atoms with Crippen LogP contribution in [0.15, 0.2) is 132 Å². The number of nitrogens with one attached hydrogen (secondary N) is 1. The number of rotatable bonds is 9. The topological polar surface area (TPSA) is 107 Å². The molecule has 4 aromatic carbocycles. The lowest BCUT2D eigenvalue weighted by molar-refractivity contribution is -0.112. The average molecular weight is 607 g/mol. The van der Waals surface area contributed by atoms with E-state index in [-0.39, 0.29) is 11.3 Å². The number of para-hydroxylation sites is 2. The molecule has 0 atom stereocenters. The largest absolute Gasteiger partial charge is 0.489 e. The van der Waals surface area contributed by atoms with Gasteiger partial charge in [-0.1, -0.05) is 66.7 Å². The van der Waals surface area contributed by atoms with Crippen molar-refractivity contribution in [2.24, 2.45) is 7.05 Å². The van der Waals surface area contributed by atoms with Crippen molar-refractivity contribution in [3.05, 3.63) is 154 Å². The van der Waals surface area contributed by atoms with Crippen molar-refractivity contribution in [1.82, 2.24) is 19.1 Å². The Morgan fingerprint density at radius 2 is 1.50 bits per heavy atom. The molecule has 0 aliphatic rings. The summed E-state index contributed by atoms with van der Waals surface area (Å²) in [6.07, 6.45) is 3.26. The molecule has 1 N–H and O–H groups in total. The van der Waals surface area contributed by atoms with Crippen molar-refractivity contribution in [3.8, 4) is 34.5 Å². The van der Waals surface area contributed by atoms with Gasteiger partial charge in [-0.15, -0.1) is 0 Å². The lowest BCUT2D eigenvalue weighted by Crippen LogP contribution is -2.23. The number of carbonyl (C=O) groups is 1. The standard InChI is InChI=1S/C37H30N6O3/c1-26-34(37(45)43(41(26)2)32-16-10-5-11-17-32)39-36(44)29(23-38)22-30-24-42(31-14-8-4-9-15-31)40-35(30)28-18-20-33(21-19-28)46-25-27-12-6-3-7-13-27/h3-22,24H,25H2,1-2H3,(H,39,44). The maximum Gasteiger partial charge on any atom is 0.295 e. The van der Waals surface area contributed by atoms with Gasteiger partial charge in [0, 0.05) is 24.4 Å². The van der Waals surface area contributed by atoms with Gasteiger partial charge >= 0.3 is 0 Å². The number of hydrogen-bond donors (Lipinski definition) is 1. The molecule has 0 aliphatic carbocycles. The Morgan fingerprint density at radius 3 is 2.13 bits per heavy atom. The highest BCUT2D eigenvalue weighted by molar-refractivity contribution is 6.10. The molecule has 0 aliphatic heterocycles. The number of nitrogens with zero attached hydrogens (tertiary/aromatic N) is 5. The summed E-state index contributed by atoms with van der Waals surface area (Å²) in [5.41, 5.74) is 4.51. The summed E-state index contributed by atoms with van der Waals surface area (Å²) in [4.78, 5) is 26.8. The molecule has 0 fully saturated rings. The van der Waals surface area contributed by atoms with Crippen LogP contribution in [0.1, 0.15) is 16.8 Å². The minimum Gasteiger partial charge on any atom is -0.489 e. The van der Waals surface area contributed by atoms with E-state index in [1.54, 1.807) is 41.7 Å². The van der Waals surface area contributed by atoms with Crippen molar-refractivity contribution in [2.45, 2.75) is 13.5 Å². The molecule has 0 saturated heterocycles. The van der Waals surface area contributed by atoms with Gasteiger partial charge in [-0.05, 0) is 67.1 Å². The van der Waals surface area contributed by atoms with Crippen LogP contribution in [-0.4, -0.2) is 25.1 Å². The van der Waals surface area contributed by atoms with E-state index in [1.807, 2.05) is 109 Å². The van der Waals surface area contributed by atoms with Crippen LogP contribution in [0.4, 0.5) is 5.69 Å². The molecule has 6 aromatic rings. The zero-order valence-corrected chi connectivity index (χ0v) is 25.3. The van der Waals surface area contributed by atoms with Gasteiger partial charge in [-0.25, -0.2) is 9.36 Å². The van der Waals surface area contributed by atoms with Crippen molar-refractivity contribution in [3.63, 3.8) is 0 Å². The molecular weight excluding hydrogens is 576 g/mol. The molecule has 1 amide bonds. The van der Waals surface area contributed by atoms with E-state index in [9.17, 15) is 14.9 Å². The van der Waals surface area contributed by atoms with Crippen LogP contribution in [0, 0.1) is 18.3 Å². The zero-order chi connectivity index (χ0) is 32.0. The fraction of sp³-hybridized carbons (Fsp3) is 0.0811. The number of nitriles is 1. The second-order valence-electron chi connectivity index (χ2n) is 10.6. The average Bonchev–Trinajstić information content (AvgIpc) is 3.61. The molecule has 226 valence electrons. The highest BCUT2D eigenvalue weighted by Gasteiger charge is 2.21. The predicted molar refractivity (Wildman–Crippen MR) is 178 cm³/mol. The molecule has 9 heteroatoms. The Kier molecular flexibility index (Phi) is 8.43. The summed E-state index contributed by atoms with van der Waals surface area (Å²) < 4.78 is 10.8. The molecule has 9 nitrogen and oxygen atoms in total. The van der Waals surface area contributed by atoms with E-state index in [4.69, 9.17) is 9.84 Å². The summed E-state index contributed by atoms with van der Waals surface area (Å²) >= 11 is 0. The third-order valence-corrected chi connectivity index (χ3v) is 7.60. The fourth-order valence-electron chi connectivity index (χ4n) is 5.08. The van der Waals surface area contributed by atoms with Crippen molar-refractivity contribution in [1.29, 1.82) is 5.26 Å². The van der Waals surface area contributed by atoms with Crippen molar-refractivity contribution >= 4 is 17.7 Å². The van der Waals surface area contributed by atoms with Crippen LogP contribution < -0.4 is 15.6 Å². The summed E-state index contributed by atoms with van der Waals surface area (Å²) in [7, 11) is 1.74. The van der Waals surface area contributed by atoms with Crippen LogP contribution >= 0.6 is 0 Å². The quantitative estimate of drug-likeness (QED) is 0.150. The first-order chi connectivity index (χ1) is 22.4.